The molecule has 12 heteroatoms. The first-order valence-corrected chi connectivity index (χ1v) is 10.9. The van der Waals surface area contributed by atoms with Crippen LogP contribution in [0.25, 0.3) is 0 Å². The van der Waals surface area contributed by atoms with E-state index in [-0.39, 0.29) is 4.47 Å². The van der Waals surface area contributed by atoms with Crippen molar-refractivity contribution in [1.29, 1.82) is 0 Å². The molecule has 0 bridgehead atoms. The second kappa shape index (κ2) is 8.36. The Kier molecular flexibility index (Phi) is 7.47. The van der Waals surface area contributed by atoms with Crippen LogP contribution in [0.15, 0.2) is 16.6 Å². The standard InChI is InChI=1S/C18H24BrF4NO5S/c1-15(2,3)30(27,28)24-17(6,10-7-11(19)13(21)8-12(10)20)18(22,23)16(4,5)29-9-14(25)26/h7-8,24H,9H2,1-6H3,(H,25,26)/t17-/m1/s1. The molecule has 1 atom stereocenters. The van der Waals surface area contributed by atoms with E-state index in [0.717, 1.165) is 20.8 Å². The minimum Gasteiger partial charge on any atom is -0.480 e. The Bertz CT molecular complexity index is 931. The lowest BCUT2D eigenvalue weighted by molar-refractivity contribution is -0.230. The summed E-state index contributed by atoms with van der Waals surface area (Å²) in [7, 11) is -4.50. The Labute approximate surface area is 181 Å². The molecule has 0 saturated heterocycles. The van der Waals surface area contributed by atoms with Gasteiger partial charge < -0.3 is 9.84 Å². The summed E-state index contributed by atoms with van der Waals surface area (Å²) in [6.45, 7) is 5.04. The molecule has 0 amide bonds. The number of carboxylic acid groups (broad SMARTS) is 1. The summed E-state index contributed by atoms with van der Waals surface area (Å²) >= 11 is 2.79. The fourth-order valence-electron chi connectivity index (χ4n) is 2.55. The smallest absolute Gasteiger partial charge is 0.329 e. The van der Waals surface area contributed by atoms with Crippen molar-refractivity contribution in [1.82, 2.24) is 4.72 Å². The van der Waals surface area contributed by atoms with Crippen molar-refractivity contribution >= 4 is 31.9 Å². The summed E-state index contributed by atoms with van der Waals surface area (Å²) in [6, 6.07) is 1.04. The second-order valence-corrected chi connectivity index (χ2v) is 11.6. The Morgan fingerprint density at radius 1 is 1.10 bits per heavy atom. The van der Waals surface area contributed by atoms with Crippen LogP contribution in [-0.4, -0.2) is 42.4 Å². The molecule has 0 heterocycles. The van der Waals surface area contributed by atoms with Crippen LogP contribution in [0, 0.1) is 11.6 Å². The van der Waals surface area contributed by atoms with E-state index in [1.165, 1.54) is 20.8 Å². The van der Waals surface area contributed by atoms with Gasteiger partial charge in [0.1, 0.15) is 29.4 Å². The minimum atomic E-state index is -4.50. The predicted molar refractivity (Wildman–Crippen MR) is 106 cm³/mol. The van der Waals surface area contributed by atoms with E-state index in [1.807, 2.05) is 4.72 Å². The molecule has 0 aliphatic rings. The van der Waals surface area contributed by atoms with Crippen molar-refractivity contribution < 1.29 is 40.6 Å². The molecule has 0 fully saturated rings. The summed E-state index contributed by atoms with van der Waals surface area (Å²) in [5.41, 5.74) is -6.42. The molecule has 2 N–H and O–H groups in total. The van der Waals surface area contributed by atoms with Crippen molar-refractivity contribution in [2.45, 2.75) is 63.4 Å². The third-order valence-corrected chi connectivity index (χ3v) is 7.53. The van der Waals surface area contributed by atoms with E-state index < -0.39 is 61.6 Å². The van der Waals surface area contributed by atoms with Crippen LogP contribution in [0.5, 0.6) is 0 Å². The van der Waals surface area contributed by atoms with Gasteiger partial charge in [0, 0.05) is 11.6 Å². The van der Waals surface area contributed by atoms with Crippen molar-refractivity contribution in [3.05, 3.63) is 33.8 Å². The SMILES string of the molecule is CC(C)(OCC(=O)O)C(F)(F)[C@](C)(NS(=O)(=O)C(C)(C)C)c1cc(Br)c(F)cc1F. The van der Waals surface area contributed by atoms with Crippen molar-refractivity contribution in [2.75, 3.05) is 6.61 Å². The van der Waals surface area contributed by atoms with Gasteiger partial charge >= 0.3 is 5.97 Å². The van der Waals surface area contributed by atoms with Gasteiger partial charge in [-0.2, -0.15) is 4.72 Å². The van der Waals surface area contributed by atoms with Crippen LogP contribution in [-0.2, 0) is 25.1 Å². The summed E-state index contributed by atoms with van der Waals surface area (Å²) < 4.78 is 90.2. The molecule has 0 unspecified atom stereocenters. The highest BCUT2D eigenvalue weighted by atomic mass is 79.9. The highest BCUT2D eigenvalue weighted by Gasteiger charge is 2.64. The fourth-order valence-corrected chi connectivity index (χ4v) is 3.98. The number of hydrogen-bond acceptors (Lipinski definition) is 4. The third kappa shape index (κ3) is 4.97. The third-order valence-electron chi connectivity index (χ3n) is 4.63. The summed E-state index contributed by atoms with van der Waals surface area (Å²) in [6.07, 6.45) is 0. The van der Waals surface area contributed by atoms with Gasteiger partial charge in [0.05, 0.1) is 9.22 Å². The van der Waals surface area contributed by atoms with E-state index in [0.29, 0.717) is 12.1 Å². The Balaban J connectivity index is 3.82. The van der Waals surface area contributed by atoms with Crippen molar-refractivity contribution in [3.63, 3.8) is 0 Å². The zero-order valence-electron chi connectivity index (χ0n) is 17.2. The number of aliphatic carboxylic acids is 1. The summed E-state index contributed by atoms with van der Waals surface area (Å²) in [5.74, 6) is -8.26. The number of carboxylic acids is 1. The average molecular weight is 522 g/mol. The normalized spacial score (nSPS) is 15.7. The van der Waals surface area contributed by atoms with Gasteiger partial charge in [-0.1, -0.05) is 0 Å². The first kappa shape index (κ1) is 26.8. The van der Waals surface area contributed by atoms with Gasteiger partial charge in [0.25, 0.3) is 5.92 Å². The Morgan fingerprint density at radius 3 is 2.03 bits per heavy atom. The van der Waals surface area contributed by atoms with Gasteiger partial charge in [-0.3, -0.25) is 0 Å². The number of rotatable bonds is 8. The maximum Gasteiger partial charge on any atom is 0.329 e. The van der Waals surface area contributed by atoms with E-state index in [9.17, 15) is 22.0 Å². The van der Waals surface area contributed by atoms with Crippen LogP contribution < -0.4 is 4.72 Å². The number of halogens is 5. The highest BCUT2D eigenvalue weighted by Crippen LogP contribution is 2.48. The molecule has 0 aliphatic carbocycles. The second-order valence-electron chi connectivity index (χ2n) is 8.36. The minimum absolute atomic E-state index is 0.338. The van der Waals surface area contributed by atoms with Crippen LogP contribution in [0.2, 0.25) is 0 Å². The molecule has 1 aromatic carbocycles. The van der Waals surface area contributed by atoms with Gasteiger partial charge in [0.15, 0.2) is 0 Å². The predicted octanol–water partition coefficient (Wildman–Crippen LogP) is 4.18. The van der Waals surface area contributed by atoms with E-state index >= 15 is 8.78 Å². The first-order chi connectivity index (χ1) is 13.2. The van der Waals surface area contributed by atoms with Crippen LogP contribution >= 0.6 is 15.9 Å². The monoisotopic (exact) mass is 521 g/mol. The van der Waals surface area contributed by atoms with Gasteiger partial charge in [-0.05, 0) is 63.5 Å². The number of alkyl halides is 2. The zero-order valence-corrected chi connectivity index (χ0v) is 19.6. The van der Waals surface area contributed by atoms with E-state index in [2.05, 4.69) is 15.9 Å². The van der Waals surface area contributed by atoms with E-state index in [4.69, 9.17) is 9.84 Å². The molecule has 30 heavy (non-hydrogen) atoms. The molecule has 1 aromatic rings. The Morgan fingerprint density at radius 2 is 1.60 bits per heavy atom. The molecule has 0 aromatic heterocycles. The van der Waals surface area contributed by atoms with E-state index in [1.54, 1.807) is 0 Å². The lowest BCUT2D eigenvalue weighted by Crippen LogP contribution is -2.66. The topological polar surface area (TPSA) is 92.7 Å². The quantitative estimate of drug-likeness (QED) is 0.395. The lowest BCUT2D eigenvalue weighted by atomic mass is 9.78. The maximum absolute atomic E-state index is 15.8. The van der Waals surface area contributed by atoms with Crippen molar-refractivity contribution in [2.24, 2.45) is 0 Å². The molecular weight excluding hydrogens is 498 g/mol. The van der Waals surface area contributed by atoms with Gasteiger partial charge in [-0.15, -0.1) is 0 Å². The summed E-state index contributed by atoms with van der Waals surface area (Å²) in [5, 5.41) is 8.78. The molecule has 0 aliphatic heterocycles. The largest absolute Gasteiger partial charge is 0.480 e. The number of benzene rings is 1. The van der Waals surface area contributed by atoms with Crippen molar-refractivity contribution in [3.8, 4) is 0 Å². The van der Waals surface area contributed by atoms with Gasteiger partial charge in [-0.25, -0.2) is 30.8 Å². The zero-order chi connectivity index (χ0) is 23.9. The lowest BCUT2D eigenvalue weighted by Gasteiger charge is -2.46. The average Bonchev–Trinajstić information content (AvgIpc) is 2.54. The number of ether oxygens (including phenoxy) is 1. The molecular formula is C18H24BrF4NO5S. The number of carbonyl (C=O) groups is 1. The molecule has 1 rings (SSSR count). The van der Waals surface area contributed by atoms with Crippen LogP contribution in [0.4, 0.5) is 17.6 Å². The number of sulfonamides is 1. The Hall–Kier alpha value is -1.24. The van der Waals surface area contributed by atoms with Gasteiger partial charge in [0.2, 0.25) is 10.0 Å². The molecule has 0 saturated carbocycles. The van der Waals surface area contributed by atoms with Crippen LogP contribution in [0.1, 0.15) is 47.1 Å². The fraction of sp³-hybridized carbons (Fsp3) is 0.611. The highest BCUT2D eigenvalue weighted by molar-refractivity contribution is 9.10. The summed E-state index contributed by atoms with van der Waals surface area (Å²) in [4.78, 5) is 10.8. The van der Waals surface area contributed by atoms with Crippen LogP contribution in [0.3, 0.4) is 0 Å². The molecule has 172 valence electrons. The maximum atomic E-state index is 15.8. The molecule has 0 radical (unpaired) electrons. The molecule has 0 spiro atoms. The number of nitrogens with one attached hydrogen (secondary N) is 1. The number of hydrogen-bond donors (Lipinski definition) is 2. The first-order valence-electron chi connectivity index (χ1n) is 8.62. The molecule has 6 nitrogen and oxygen atoms in total.